The van der Waals surface area contributed by atoms with Gasteiger partial charge in [-0.05, 0) is 60.7 Å². The van der Waals surface area contributed by atoms with Gasteiger partial charge in [0.15, 0.2) is 5.11 Å². The van der Waals surface area contributed by atoms with Gasteiger partial charge in [-0.2, -0.15) is 0 Å². The lowest BCUT2D eigenvalue weighted by atomic mass is 10.3. The Balaban J connectivity index is 1.62. The predicted octanol–water partition coefficient (Wildman–Crippen LogP) is 6.59. The van der Waals surface area contributed by atoms with Crippen LogP contribution in [-0.2, 0) is 0 Å². The van der Waals surface area contributed by atoms with Crippen LogP contribution < -0.4 is 15.4 Å². The molecule has 0 heterocycles. The summed E-state index contributed by atoms with van der Waals surface area (Å²) in [6, 6.07) is 22.3. The van der Waals surface area contributed by atoms with Crippen molar-refractivity contribution in [3.63, 3.8) is 0 Å². The van der Waals surface area contributed by atoms with Crippen LogP contribution in [0.2, 0.25) is 10.0 Å². The summed E-state index contributed by atoms with van der Waals surface area (Å²) < 4.78 is 5.75. The van der Waals surface area contributed by atoms with Crippen molar-refractivity contribution in [2.75, 3.05) is 10.6 Å². The van der Waals surface area contributed by atoms with E-state index in [0.717, 1.165) is 17.2 Å². The third-order valence-corrected chi connectivity index (χ3v) is 4.13. The number of halogens is 2. The first-order valence-corrected chi connectivity index (χ1v) is 8.63. The summed E-state index contributed by atoms with van der Waals surface area (Å²) in [5.41, 5.74) is 1.40. The molecule has 0 saturated heterocycles. The lowest BCUT2D eigenvalue weighted by Crippen LogP contribution is -2.19. The number of hydrogen-bond acceptors (Lipinski definition) is 2. The van der Waals surface area contributed by atoms with E-state index in [1.54, 1.807) is 18.2 Å². The Morgan fingerprint density at radius 1 is 0.720 bits per heavy atom. The van der Waals surface area contributed by atoms with E-state index in [-0.39, 0.29) is 0 Å². The van der Waals surface area contributed by atoms with Crippen LogP contribution in [0.3, 0.4) is 0 Å². The van der Waals surface area contributed by atoms with Crippen LogP contribution in [0.15, 0.2) is 72.8 Å². The molecule has 0 bridgehead atoms. The van der Waals surface area contributed by atoms with Crippen LogP contribution in [-0.4, -0.2) is 5.11 Å². The monoisotopic (exact) mass is 388 g/mol. The molecule has 3 nitrogen and oxygen atoms in total. The second-order valence-corrected chi connectivity index (χ2v) is 6.34. The number of anilines is 2. The standard InChI is InChI=1S/C19H14Cl2N2OS/c20-16-7-4-8-17(21)18(16)23-19(25)22-13-9-11-15(12-10-13)24-14-5-2-1-3-6-14/h1-12H,(H2,22,23,25). The molecule has 0 spiro atoms. The first-order chi connectivity index (χ1) is 12.1. The summed E-state index contributed by atoms with van der Waals surface area (Å²) in [6.45, 7) is 0. The summed E-state index contributed by atoms with van der Waals surface area (Å²) in [6.07, 6.45) is 0. The summed E-state index contributed by atoms with van der Waals surface area (Å²) in [7, 11) is 0. The molecule has 0 aliphatic heterocycles. The van der Waals surface area contributed by atoms with E-state index in [2.05, 4.69) is 10.6 Å². The molecule has 0 atom stereocenters. The van der Waals surface area contributed by atoms with E-state index >= 15 is 0 Å². The van der Waals surface area contributed by atoms with Gasteiger partial charge in [0.05, 0.1) is 15.7 Å². The smallest absolute Gasteiger partial charge is 0.175 e. The van der Waals surface area contributed by atoms with Gasteiger partial charge in [0.25, 0.3) is 0 Å². The molecule has 0 saturated carbocycles. The summed E-state index contributed by atoms with van der Waals surface area (Å²) in [4.78, 5) is 0. The number of thiocarbonyl (C=S) groups is 1. The van der Waals surface area contributed by atoms with Gasteiger partial charge in [-0.25, -0.2) is 0 Å². The molecule has 0 aromatic heterocycles. The molecular weight excluding hydrogens is 375 g/mol. The van der Waals surface area contributed by atoms with Crippen LogP contribution in [0, 0.1) is 0 Å². The van der Waals surface area contributed by atoms with Crippen LogP contribution in [0.4, 0.5) is 11.4 Å². The predicted molar refractivity (Wildman–Crippen MR) is 109 cm³/mol. The summed E-state index contributed by atoms with van der Waals surface area (Å²) in [5.74, 6) is 1.53. The minimum absolute atomic E-state index is 0.395. The Bertz CT molecular complexity index is 850. The maximum atomic E-state index is 6.12. The van der Waals surface area contributed by atoms with Crippen molar-refractivity contribution in [3.05, 3.63) is 82.8 Å². The molecule has 25 heavy (non-hydrogen) atoms. The normalized spacial score (nSPS) is 10.2. The zero-order valence-electron chi connectivity index (χ0n) is 13.0. The molecule has 2 N–H and O–H groups in total. The number of ether oxygens (including phenoxy) is 1. The molecule has 6 heteroatoms. The van der Waals surface area contributed by atoms with Crippen LogP contribution in [0.1, 0.15) is 0 Å². The van der Waals surface area contributed by atoms with Crippen molar-refractivity contribution in [2.24, 2.45) is 0 Å². The molecule has 0 radical (unpaired) electrons. The van der Waals surface area contributed by atoms with Gasteiger partial charge in [0.1, 0.15) is 11.5 Å². The Hall–Kier alpha value is -2.27. The van der Waals surface area contributed by atoms with E-state index in [4.69, 9.17) is 40.2 Å². The number of hydrogen-bond donors (Lipinski definition) is 2. The second kappa shape index (κ2) is 8.21. The number of rotatable bonds is 4. The van der Waals surface area contributed by atoms with Gasteiger partial charge < -0.3 is 15.4 Å². The minimum atomic E-state index is 0.395. The Labute approximate surface area is 161 Å². The van der Waals surface area contributed by atoms with E-state index in [1.807, 2.05) is 54.6 Å². The van der Waals surface area contributed by atoms with Gasteiger partial charge >= 0.3 is 0 Å². The van der Waals surface area contributed by atoms with E-state index in [0.29, 0.717) is 20.8 Å². The van der Waals surface area contributed by atoms with Crippen molar-refractivity contribution in [1.29, 1.82) is 0 Å². The van der Waals surface area contributed by atoms with Crippen molar-refractivity contribution in [1.82, 2.24) is 0 Å². The fourth-order valence-electron chi connectivity index (χ4n) is 2.12. The van der Waals surface area contributed by atoms with Crippen molar-refractivity contribution in [2.45, 2.75) is 0 Å². The highest BCUT2D eigenvalue weighted by Crippen LogP contribution is 2.30. The topological polar surface area (TPSA) is 33.3 Å². The molecule has 126 valence electrons. The molecular formula is C19H14Cl2N2OS. The molecule has 0 fully saturated rings. The molecule has 3 aromatic rings. The average molecular weight is 389 g/mol. The highest BCUT2D eigenvalue weighted by atomic mass is 35.5. The SMILES string of the molecule is S=C(Nc1ccc(Oc2ccccc2)cc1)Nc1c(Cl)cccc1Cl. The number of benzene rings is 3. The van der Waals surface area contributed by atoms with Gasteiger partial charge in [-0.15, -0.1) is 0 Å². The van der Waals surface area contributed by atoms with Crippen LogP contribution in [0.5, 0.6) is 11.5 Å². The van der Waals surface area contributed by atoms with E-state index in [9.17, 15) is 0 Å². The van der Waals surface area contributed by atoms with Crippen molar-refractivity contribution < 1.29 is 4.74 Å². The first kappa shape index (κ1) is 17.5. The second-order valence-electron chi connectivity index (χ2n) is 5.12. The summed E-state index contributed by atoms with van der Waals surface area (Å²) >= 11 is 17.6. The Kier molecular flexibility index (Phi) is 5.76. The molecule has 0 aliphatic rings. The zero-order valence-corrected chi connectivity index (χ0v) is 15.3. The third kappa shape index (κ3) is 4.86. The summed E-state index contributed by atoms with van der Waals surface area (Å²) in [5, 5.41) is 7.49. The van der Waals surface area contributed by atoms with Gasteiger partial charge in [-0.3, -0.25) is 0 Å². The maximum absolute atomic E-state index is 6.12. The van der Waals surface area contributed by atoms with Gasteiger partial charge in [0, 0.05) is 5.69 Å². The molecule has 3 rings (SSSR count). The lowest BCUT2D eigenvalue weighted by Gasteiger charge is -2.13. The quantitative estimate of drug-likeness (QED) is 0.493. The Morgan fingerprint density at radius 3 is 1.96 bits per heavy atom. The largest absolute Gasteiger partial charge is 0.457 e. The molecule has 0 aliphatic carbocycles. The minimum Gasteiger partial charge on any atom is -0.457 e. The van der Waals surface area contributed by atoms with Crippen LogP contribution in [0.25, 0.3) is 0 Å². The van der Waals surface area contributed by atoms with Crippen molar-refractivity contribution in [3.8, 4) is 11.5 Å². The van der Waals surface area contributed by atoms with Crippen molar-refractivity contribution >= 4 is 51.9 Å². The van der Waals surface area contributed by atoms with Gasteiger partial charge in [0.2, 0.25) is 0 Å². The molecule has 0 amide bonds. The lowest BCUT2D eigenvalue weighted by molar-refractivity contribution is 0.483. The fraction of sp³-hybridized carbons (Fsp3) is 0. The van der Waals surface area contributed by atoms with E-state index < -0.39 is 0 Å². The first-order valence-electron chi connectivity index (χ1n) is 7.47. The van der Waals surface area contributed by atoms with Gasteiger partial charge in [-0.1, -0.05) is 47.5 Å². The van der Waals surface area contributed by atoms with E-state index in [1.165, 1.54) is 0 Å². The average Bonchev–Trinajstić information content (AvgIpc) is 2.61. The highest BCUT2D eigenvalue weighted by molar-refractivity contribution is 7.80. The molecule has 3 aromatic carbocycles. The third-order valence-electron chi connectivity index (χ3n) is 3.29. The molecule has 0 unspecified atom stereocenters. The zero-order chi connectivity index (χ0) is 17.6. The number of para-hydroxylation sites is 2. The Morgan fingerprint density at radius 2 is 1.32 bits per heavy atom. The highest BCUT2D eigenvalue weighted by Gasteiger charge is 2.07. The fourth-order valence-corrected chi connectivity index (χ4v) is 2.84. The maximum Gasteiger partial charge on any atom is 0.175 e. The van der Waals surface area contributed by atoms with Crippen LogP contribution >= 0.6 is 35.4 Å². The number of nitrogens with one attached hydrogen (secondary N) is 2.